The molecule has 67 heavy (non-hydrogen) atoms. The van der Waals surface area contributed by atoms with Gasteiger partial charge >= 0.3 is 0 Å². The third-order valence-corrected chi connectivity index (χ3v) is 16.5. The topological polar surface area (TPSA) is 232 Å². The molecule has 4 atom stereocenters. The zero-order chi connectivity index (χ0) is 47.9. The molecule has 1 aliphatic carbocycles. The first kappa shape index (κ1) is 49.3. The number of benzene rings is 2. The maximum atomic E-state index is 13.7. The second-order valence-electron chi connectivity index (χ2n) is 17.3. The number of hydrogen-bond acceptors (Lipinski definition) is 9. The standard InChI is InChI=1S/C26H31N5O3S.C21H23Cl2N5O3S/c27-17-22-6-3-13-30(22)15-11-24(26(32)31-14-10-19-4-1-2-5-21(19)18-31)29-35(33,34)23-8-7-20-9-12-28-25(20)16-23;1-14-4-8-28(9-5-14)21(29)19(6-10-27-7-2-3-15(27)13-24)26-32(30,31)16-11-17(22)20(25)18(23)12-16/h3,6-9,12-13,16,19,21,24,28-29H,1-2,4-5,10-11,14-15,18H2;2-3,7,11-12,19,26H,1,4-6,8-10,25H2/t19-,21-,24?;/m1./s1. The van der Waals surface area contributed by atoms with Gasteiger partial charge in [-0.3, -0.25) is 9.59 Å². The number of nitrogens with two attached hydrogens (primary N) is 1. The lowest BCUT2D eigenvalue weighted by molar-refractivity contribution is -0.136. The van der Waals surface area contributed by atoms with Gasteiger partial charge in [-0.25, -0.2) is 16.8 Å². The van der Waals surface area contributed by atoms with E-state index in [1.165, 1.54) is 31.4 Å². The third-order valence-electron chi connectivity index (χ3n) is 13.0. The van der Waals surface area contributed by atoms with Gasteiger partial charge in [0.1, 0.15) is 35.6 Å². The van der Waals surface area contributed by atoms with Crippen LogP contribution in [0.25, 0.3) is 10.9 Å². The number of aryl methyl sites for hydroxylation is 2. The lowest BCUT2D eigenvalue weighted by atomic mass is 9.75. The van der Waals surface area contributed by atoms with E-state index in [0.717, 1.165) is 29.3 Å². The summed E-state index contributed by atoms with van der Waals surface area (Å²) in [5.41, 5.74) is 8.47. The first-order chi connectivity index (χ1) is 32.1. The van der Waals surface area contributed by atoms with Gasteiger partial charge in [0.25, 0.3) is 0 Å². The number of nitriles is 2. The average Bonchev–Trinajstić information content (AvgIpc) is 4.12. The van der Waals surface area contributed by atoms with Gasteiger partial charge in [-0.15, -0.1) is 0 Å². The molecule has 2 unspecified atom stereocenters. The summed E-state index contributed by atoms with van der Waals surface area (Å²) in [7, 11) is -8.07. The van der Waals surface area contributed by atoms with Gasteiger partial charge in [0.15, 0.2) is 0 Å². The molecular formula is C47H54Cl2N10O6S2. The van der Waals surface area contributed by atoms with E-state index in [-0.39, 0.29) is 56.7 Å². The Bertz CT molecular complexity index is 2900. The van der Waals surface area contributed by atoms with E-state index in [1.807, 2.05) is 11.0 Å². The molecule has 3 fully saturated rings. The predicted octanol–water partition coefficient (Wildman–Crippen LogP) is 6.78. The Kier molecular flexibility index (Phi) is 15.9. The van der Waals surface area contributed by atoms with Crippen molar-refractivity contribution in [2.45, 2.75) is 92.8 Å². The summed E-state index contributed by atoms with van der Waals surface area (Å²) < 4.78 is 61.5. The third kappa shape index (κ3) is 11.9. The molecule has 2 amide bonds. The van der Waals surface area contributed by atoms with Crippen LogP contribution >= 0.6 is 23.2 Å². The second kappa shape index (κ2) is 21.6. The number of piperidine rings is 2. The van der Waals surface area contributed by atoms with Gasteiger partial charge in [-0.2, -0.15) is 20.0 Å². The molecule has 5 heterocycles. The summed E-state index contributed by atoms with van der Waals surface area (Å²) in [5.74, 6) is 0.667. The van der Waals surface area contributed by atoms with E-state index in [2.05, 4.69) is 33.1 Å². The SMILES string of the molecule is C=C1CCN(C(=O)C(CCn2cccc2C#N)NS(=O)(=O)c2cc(Cl)c(N)c(Cl)c2)CC1.N#Cc1cccn1CCC(NS(=O)(=O)c1ccc2cc[nH]c2c1)C(=O)N1CC[C@H]2CCCC[C@@H]2C1. The summed E-state index contributed by atoms with van der Waals surface area (Å²) in [4.78, 5) is 33.4. The number of sulfonamides is 2. The number of anilines is 1. The zero-order valence-corrected chi connectivity index (χ0v) is 40.1. The zero-order valence-electron chi connectivity index (χ0n) is 36.9. The largest absolute Gasteiger partial charge is 0.396 e. The number of likely N-dealkylation sites (tertiary alicyclic amines) is 2. The van der Waals surface area contributed by atoms with Gasteiger partial charge in [0, 0.05) is 63.4 Å². The fourth-order valence-electron chi connectivity index (χ4n) is 9.13. The summed E-state index contributed by atoms with van der Waals surface area (Å²) in [6, 6.07) is 18.3. The summed E-state index contributed by atoms with van der Waals surface area (Å²) in [6.45, 7) is 6.90. The number of nitrogens with zero attached hydrogens (tertiary/aromatic N) is 6. The smallest absolute Gasteiger partial charge is 0.241 e. The van der Waals surface area contributed by atoms with Crippen molar-refractivity contribution in [3.63, 3.8) is 0 Å². The van der Waals surface area contributed by atoms with Crippen LogP contribution in [-0.4, -0.2) is 90.8 Å². The number of nitrogens with one attached hydrogen (secondary N) is 3. The summed E-state index contributed by atoms with van der Waals surface area (Å²) in [5, 5.41) is 19.5. The van der Waals surface area contributed by atoms with E-state index in [0.29, 0.717) is 68.8 Å². The van der Waals surface area contributed by atoms with Crippen molar-refractivity contribution in [1.82, 2.24) is 33.4 Å². The molecule has 5 aromatic rings. The average molecular weight is 990 g/mol. The van der Waals surface area contributed by atoms with Crippen molar-refractivity contribution in [3.05, 3.63) is 113 Å². The molecule has 354 valence electrons. The highest BCUT2D eigenvalue weighted by molar-refractivity contribution is 7.89. The van der Waals surface area contributed by atoms with E-state index in [1.54, 1.807) is 75.1 Å². The van der Waals surface area contributed by atoms with Crippen LogP contribution in [0, 0.1) is 34.5 Å². The predicted molar refractivity (Wildman–Crippen MR) is 257 cm³/mol. The number of carbonyl (C=O) groups excluding carboxylic acids is 2. The Morgan fingerprint density at radius 3 is 1.90 bits per heavy atom. The van der Waals surface area contributed by atoms with Gasteiger partial charge in [-0.1, -0.05) is 60.7 Å². The highest BCUT2D eigenvalue weighted by Crippen LogP contribution is 2.36. The Hall–Kier alpha value is -5.60. The number of fused-ring (bicyclic) bond motifs is 2. The fraction of sp³-hybridized carbons (Fsp3) is 0.404. The highest BCUT2D eigenvalue weighted by Gasteiger charge is 2.37. The minimum atomic E-state index is -4.14. The van der Waals surface area contributed by atoms with Crippen molar-refractivity contribution in [2.75, 3.05) is 31.9 Å². The second-order valence-corrected chi connectivity index (χ2v) is 21.5. The van der Waals surface area contributed by atoms with Gasteiger partial charge in [-0.05, 0) is 110 Å². The molecule has 2 aliphatic heterocycles. The van der Waals surface area contributed by atoms with Gasteiger partial charge in [0.05, 0.1) is 25.5 Å². The molecule has 3 aromatic heterocycles. The van der Waals surface area contributed by atoms with E-state index in [4.69, 9.17) is 28.9 Å². The number of aromatic nitrogens is 3. The molecule has 1 saturated carbocycles. The number of aromatic amines is 1. The summed E-state index contributed by atoms with van der Waals surface area (Å²) in [6.07, 6.45) is 12.8. The van der Waals surface area contributed by atoms with Crippen LogP contribution in [0.2, 0.25) is 10.0 Å². The maximum Gasteiger partial charge on any atom is 0.241 e. The molecular weight excluding hydrogens is 936 g/mol. The van der Waals surface area contributed by atoms with Gasteiger partial charge < -0.3 is 29.7 Å². The van der Waals surface area contributed by atoms with E-state index < -0.39 is 32.1 Å². The number of amides is 2. The first-order valence-corrected chi connectivity index (χ1v) is 26.0. The van der Waals surface area contributed by atoms with Crippen LogP contribution in [0.1, 0.15) is 69.2 Å². The Morgan fingerprint density at radius 1 is 0.761 bits per heavy atom. The quantitative estimate of drug-likeness (QED) is 0.0677. The van der Waals surface area contributed by atoms with Crippen LogP contribution in [0.5, 0.6) is 0 Å². The van der Waals surface area contributed by atoms with Crippen LogP contribution in [-0.2, 0) is 42.7 Å². The van der Waals surface area contributed by atoms with Gasteiger partial charge in [0.2, 0.25) is 31.9 Å². The Balaban J connectivity index is 0.000000200. The van der Waals surface area contributed by atoms with Crippen LogP contribution in [0.15, 0.2) is 101 Å². The maximum absolute atomic E-state index is 13.7. The van der Waals surface area contributed by atoms with Crippen LogP contribution in [0.4, 0.5) is 5.69 Å². The number of hydrogen-bond donors (Lipinski definition) is 4. The van der Waals surface area contributed by atoms with Crippen molar-refractivity contribution >= 4 is 71.7 Å². The normalized spacial score (nSPS) is 18.5. The van der Waals surface area contributed by atoms with Crippen LogP contribution < -0.4 is 15.2 Å². The molecule has 8 rings (SSSR count). The number of halogens is 2. The first-order valence-electron chi connectivity index (χ1n) is 22.3. The van der Waals surface area contributed by atoms with E-state index in [9.17, 15) is 36.9 Å². The number of carbonyl (C=O) groups is 2. The molecule has 16 nitrogen and oxygen atoms in total. The molecule has 5 N–H and O–H groups in total. The Labute approximate surface area is 401 Å². The highest BCUT2D eigenvalue weighted by atomic mass is 35.5. The fourth-order valence-corrected chi connectivity index (χ4v) is 12.3. The minimum absolute atomic E-state index is 0.00120. The lowest BCUT2D eigenvalue weighted by Crippen LogP contribution is -2.53. The number of nitrogen functional groups attached to an aromatic ring is 1. The van der Waals surface area contributed by atoms with E-state index >= 15 is 0 Å². The minimum Gasteiger partial charge on any atom is -0.396 e. The molecule has 0 bridgehead atoms. The van der Waals surface area contributed by atoms with Crippen molar-refractivity contribution in [3.8, 4) is 12.1 Å². The van der Waals surface area contributed by atoms with Crippen molar-refractivity contribution < 1.29 is 26.4 Å². The molecule has 20 heteroatoms. The van der Waals surface area contributed by atoms with Crippen LogP contribution in [0.3, 0.4) is 0 Å². The molecule has 0 radical (unpaired) electrons. The molecule has 3 aliphatic rings. The number of rotatable bonds is 14. The molecule has 2 saturated heterocycles. The van der Waals surface area contributed by atoms with Crippen molar-refractivity contribution in [2.24, 2.45) is 11.8 Å². The van der Waals surface area contributed by atoms with Crippen molar-refractivity contribution in [1.29, 1.82) is 10.5 Å². The lowest BCUT2D eigenvalue weighted by Gasteiger charge is -2.42. The molecule has 0 spiro atoms. The monoisotopic (exact) mass is 988 g/mol. The molecule has 2 aromatic carbocycles. The summed E-state index contributed by atoms with van der Waals surface area (Å²) >= 11 is 12.0. The number of H-pyrrole nitrogens is 1. The Morgan fingerprint density at radius 2 is 1.31 bits per heavy atom.